The lowest BCUT2D eigenvalue weighted by Gasteiger charge is -2.46. The Bertz CT molecular complexity index is 7420. The van der Waals surface area contributed by atoms with Crippen molar-refractivity contribution in [2.45, 2.75) is 105 Å². The van der Waals surface area contributed by atoms with Crippen molar-refractivity contribution < 1.29 is 0 Å². The Labute approximate surface area is 747 Å². The summed E-state index contributed by atoms with van der Waals surface area (Å²) in [6, 6.07) is 151. The van der Waals surface area contributed by atoms with E-state index in [9.17, 15) is 0 Å². The van der Waals surface area contributed by atoms with E-state index >= 15 is 0 Å². The number of hydrogen-bond donors (Lipinski definition) is 0. The third-order valence-electron chi connectivity index (χ3n) is 27.0. The van der Waals surface area contributed by atoms with Crippen LogP contribution in [0.3, 0.4) is 0 Å². The highest BCUT2D eigenvalue weighted by Gasteiger charge is 2.47. The SMILES string of the molecule is CC(C)(C)c1cc(-c2ccccc2)c(N2c3cc(-c4cc5cc(C(C)(C)C)cc6ccc7cc(C(C)(C)C)cc4c7c65)ccc3B3c4ccc(-n5c6ccccc6c6ccccc65)cc4N(c4c(-c5ccccc5)cc(C(C)(C)C)cc4-c4ccccc4)c4cc(N(c5ccc(-c6ccccc6)cc5)c5ccc(-c6ccccc6)cc5)cc2c43)c(-c2ccccc2)c1. The molecule has 0 unspecified atom stereocenters. The number of fused-ring (bicyclic) bond motifs is 7. The molecule has 0 saturated heterocycles. The first kappa shape index (κ1) is 78.5. The van der Waals surface area contributed by atoms with Crippen LogP contribution in [-0.2, 0) is 21.7 Å². The quantitative estimate of drug-likeness (QED) is 0.0845. The zero-order chi connectivity index (χ0) is 86.5. The van der Waals surface area contributed by atoms with Crippen LogP contribution in [0.4, 0.5) is 51.2 Å². The van der Waals surface area contributed by atoms with Crippen LogP contribution >= 0.6 is 0 Å². The minimum absolute atomic E-state index is 0.109. The minimum Gasteiger partial charge on any atom is -0.310 e. The Balaban J connectivity index is 0.948. The van der Waals surface area contributed by atoms with Gasteiger partial charge in [-0.05, 0) is 251 Å². The number of hydrogen-bond acceptors (Lipinski definition) is 3. The molecule has 0 radical (unpaired) electrons. The van der Waals surface area contributed by atoms with Gasteiger partial charge in [0, 0.05) is 72.8 Å². The van der Waals surface area contributed by atoms with Gasteiger partial charge in [0.25, 0.3) is 6.71 Å². The molecular formula is C122H101BN4. The van der Waals surface area contributed by atoms with Gasteiger partial charge in [0.2, 0.25) is 0 Å². The number of para-hydroxylation sites is 2. The van der Waals surface area contributed by atoms with Crippen LogP contribution in [0.15, 0.2) is 394 Å². The molecule has 22 rings (SSSR count). The summed E-state index contributed by atoms with van der Waals surface area (Å²) in [5.41, 5.74) is 36.8. The van der Waals surface area contributed by atoms with Gasteiger partial charge in [-0.25, -0.2) is 0 Å². The van der Waals surface area contributed by atoms with Gasteiger partial charge in [-0.15, -0.1) is 0 Å². The maximum atomic E-state index is 2.77. The Hall–Kier alpha value is -14.5. The van der Waals surface area contributed by atoms with Crippen LogP contribution in [0.25, 0.3) is 138 Å². The highest BCUT2D eigenvalue weighted by molar-refractivity contribution is 7.00. The van der Waals surface area contributed by atoms with Crippen LogP contribution in [0.2, 0.25) is 0 Å². The highest BCUT2D eigenvalue weighted by atomic mass is 15.2. The number of rotatable bonds is 13. The molecule has 4 nitrogen and oxygen atoms in total. The van der Waals surface area contributed by atoms with Gasteiger partial charge < -0.3 is 19.3 Å². The molecule has 0 spiro atoms. The van der Waals surface area contributed by atoms with Crippen molar-refractivity contribution in [3.63, 3.8) is 0 Å². The monoisotopic (exact) mass is 1630 g/mol. The minimum atomic E-state index is -0.356. The summed E-state index contributed by atoms with van der Waals surface area (Å²) in [7, 11) is 0. The van der Waals surface area contributed by atoms with Gasteiger partial charge >= 0.3 is 0 Å². The maximum absolute atomic E-state index is 2.77. The first-order chi connectivity index (χ1) is 61.5. The molecule has 3 heterocycles. The number of aromatic nitrogens is 1. The van der Waals surface area contributed by atoms with Gasteiger partial charge in [-0.1, -0.05) is 374 Å². The second-order valence-electron chi connectivity index (χ2n) is 39.3. The average molecular weight is 1630 g/mol. The van der Waals surface area contributed by atoms with Crippen molar-refractivity contribution >= 4 is 128 Å². The molecule has 2 aliphatic rings. The number of nitrogens with zero attached hydrogens (tertiary/aromatic N) is 4. The molecule has 612 valence electrons. The molecule has 0 saturated carbocycles. The predicted molar refractivity (Wildman–Crippen MR) is 546 cm³/mol. The lowest BCUT2D eigenvalue weighted by Crippen LogP contribution is -2.61. The van der Waals surface area contributed by atoms with E-state index in [0.717, 1.165) is 140 Å². The summed E-state index contributed by atoms with van der Waals surface area (Å²) in [6.45, 7) is 28.0. The molecule has 127 heavy (non-hydrogen) atoms. The number of benzene rings is 19. The first-order valence-electron chi connectivity index (χ1n) is 45.0. The smallest absolute Gasteiger partial charge is 0.252 e. The van der Waals surface area contributed by atoms with E-state index in [1.807, 2.05) is 0 Å². The summed E-state index contributed by atoms with van der Waals surface area (Å²) in [4.78, 5) is 8.07. The molecule has 0 fully saturated rings. The Morgan fingerprint density at radius 2 is 0.567 bits per heavy atom. The highest BCUT2D eigenvalue weighted by Crippen LogP contribution is 2.58. The molecule has 19 aromatic carbocycles. The molecule has 2 aliphatic heterocycles. The molecule has 1 aromatic heterocycles. The zero-order valence-corrected chi connectivity index (χ0v) is 74.4. The van der Waals surface area contributed by atoms with Gasteiger partial charge in [-0.3, -0.25) is 0 Å². The molecule has 20 aromatic rings. The number of anilines is 9. The lowest BCUT2D eigenvalue weighted by atomic mass is 9.33. The topological polar surface area (TPSA) is 14.7 Å². The van der Waals surface area contributed by atoms with Crippen molar-refractivity contribution in [1.82, 2.24) is 4.57 Å². The van der Waals surface area contributed by atoms with Crippen molar-refractivity contribution in [2.75, 3.05) is 14.7 Å². The second kappa shape index (κ2) is 30.1. The molecule has 0 amide bonds. The Kier molecular flexibility index (Phi) is 18.6. The summed E-state index contributed by atoms with van der Waals surface area (Å²) < 4.78 is 2.52. The first-order valence-corrected chi connectivity index (χ1v) is 45.0. The predicted octanol–water partition coefficient (Wildman–Crippen LogP) is 32.1. The molecule has 0 aliphatic carbocycles. The molecule has 5 heteroatoms. The van der Waals surface area contributed by atoms with Gasteiger partial charge in [0.1, 0.15) is 0 Å². The van der Waals surface area contributed by atoms with Crippen molar-refractivity contribution in [3.8, 4) is 83.6 Å². The van der Waals surface area contributed by atoms with E-state index in [1.165, 1.54) is 87.3 Å². The van der Waals surface area contributed by atoms with Crippen molar-refractivity contribution in [2.24, 2.45) is 0 Å². The van der Waals surface area contributed by atoms with E-state index in [1.54, 1.807) is 0 Å². The van der Waals surface area contributed by atoms with Crippen molar-refractivity contribution in [1.29, 1.82) is 0 Å². The Morgan fingerprint density at radius 1 is 0.228 bits per heavy atom. The fourth-order valence-electron chi connectivity index (χ4n) is 20.4. The maximum Gasteiger partial charge on any atom is 0.252 e. The average Bonchev–Trinajstić information content (AvgIpc) is 1.20. The molecule has 0 N–H and O–H groups in total. The van der Waals surface area contributed by atoms with E-state index in [2.05, 4.69) is 497 Å². The third-order valence-corrected chi connectivity index (χ3v) is 27.0. The Morgan fingerprint density at radius 3 is 0.984 bits per heavy atom. The second-order valence-corrected chi connectivity index (χ2v) is 39.3. The van der Waals surface area contributed by atoms with Gasteiger partial charge in [-0.2, -0.15) is 0 Å². The lowest BCUT2D eigenvalue weighted by molar-refractivity contribution is 0.590. The van der Waals surface area contributed by atoms with Crippen molar-refractivity contribution in [3.05, 3.63) is 417 Å². The largest absolute Gasteiger partial charge is 0.310 e. The standard InChI is InChI=1S/C122H101BN4/c1-119(2,3)90-65-87-51-52-88-66-91(120(4,5)6)74-105-100(68-89(67-90)114(87)115(88)105)86-57-63-106-110(69-86)126(117-101(82-39-23-15-24-40-82)70-92(121(7,8)9)71-102(117)83-41-25-16-26-42-83)112-76-97(124(94-58-53-80(54-59-94)78-35-19-13-20-36-78)95-60-55-81(56-61-95)79-37-21-14-22-38-79)77-113-116(112)123(106)107-64-62-96(125-108-49-33-31-47-98(108)99-48-32-34-50-109(99)125)75-111(107)127(113)118-103(84-43-27-17-28-44-84)72-93(122(10,11)12)73-104(118)85-45-29-18-30-46-85/h13-77H,1-12H3. The summed E-state index contributed by atoms with van der Waals surface area (Å²) >= 11 is 0. The van der Waals surface area contributed by atoms with Gasteiger partial charge in [0.05, 0.1) is 28.1 Å². The third kappa shape index (κ3) is 13.5. The van der Waals surface area contributed by atoms with Crippen LogP contribution in [0.5, 0.6) is 0 Å². The molecule has 0 atom stereocenters. The molecular weight excluding hydrogens is 1530 g/mol. The van der Waals surface area contributed by atoms with Gasteiger partial charge in [0.15, 0.2) is 0 Å². The normalized spacial score (nSPS) is 12.8. The van der Waals surface area contributed by atoms with Crippen LogP contribution in [0.1, 0.15) is 105 Å². The summed E-state index contributed by atoms with van der Waals surface area (Å²) in [5, 5.41) is 10.1. The van der Waals surface area contributed by atoms with E-state index in [4.69, 9.17) is 0 Å². The zero-order valence-electron chi connectivity index (χ0n) is 74.4. The summed E-state index contributed by atoms with van der Waals surface area (Å²) in [6.07, 6.45) is 0. The van der Waals surface area contributed by atoms with Crippen LogP contribution in [-0.4, -0.2) is 11.3 Å². The summed E-state index contributed by atoms with van der Waals surface area (Å²) in [5.74, 6) is 0. The van der Waals surface area contributed by atoms with E-state index in [-0.39, 0.29) is 28.4 Å². The fraction of sp³-hybridized carbons (Fsp3) is 0.131. The van der Waals surface area contributed by atoms with Crippen LogP contribution < -0.4 is 31.1 Å². The van der Waals surface area contributed by atoms with Crippen LogP contribution in [0, 0.1) is 0 Å². The van der Waals surface area contributed by atoms with E-state index in [0.29, 0.717) is 0 Å². The fourth-order valence-corrected chi connectivity index (χ4v) is 20.4. The van der Waals surface area contributed by atoms with E-state index < -0.39 is 0 Å². The molecule has 0 bridgehead atoms.